The molecule has 28 heavy (non-hydrogen) atoms. The van der Waals surface area contributed by atoms with Crippen LogP contribution in [0.25, 0.3) is 0 Å². The second-order valence-electron chi connectivity index (χ2n) is 7.02. The molecule has 0 radical (unpaired) electrons. The molecule has 152 valence electrons. The van der Waals surface area contributed by atoms with Gasteiger partial charge in [0.15, 0.2) is 0 Å². The number of nitrogens with one attached hydrogen (secondary N) is 1. The van der Waals surface area contributed by atoms with Crippen molar-refractivity contribution in [3.05, 3.63) is 29.8 Å². The van der Waals surface area contributed by atoms with Crippen LogP contribution < -0.4 is 10.1 Å². The summed E-state index contributed by atoms with van der Waals surface area (Å²) >= 11 is 0.862. The number of hydrogen-bond donors (Lipinski definition) is 1. The van der Waals surface area contributed by atoms with Gasteiger partial charge in [0.25, 0.3) is 15.9 Å². The second kappa shape index (κ2) is 8.97. The lowest BCUT2D eigenvalue weighted by molar-refractivity contribution is 0.102. The summed E-state index contributed by atoms with van der Waals surface area (Å²) < 4.78 is 32.2. The topological polar surface area (TPSA) is 101 Å². The third-order valence-electron chi connectivity index (χ3n) is 4.20. The lowest BCUT2D eigenvalue weighted by Crippen LogP contribution is -2.35. The molecule has 3 rings (SSSR count). The molecule has 1 N–H and O–H groups in total. The number of aromatic nitrogens is 2. The van der Waals surface area contributed by atoms with E-state index in [1.165, 1.54) is 4.31 Å². The van der Waals surface area contributed by atoms with Gasteiger partial charge in [-0.3, -0.25) is 10.1 Å². The molecule has 0 atom stereocenters. The highest BCUT2D eigenvalue weighted by Crippen LogP contribution is 2.26. The molecular formula is C18H24N4O4S2. The minimum Gasteiger partial charge on any atom is -0.493 e. The molecule has 0 unspecified atom stereocenters. The molecule has 2 aromatic rings. The summed E-state index contributed by atoms with van der Waals surface area (Å²) in [5, 5.41) is 10.3. The Morgan fingerprint density at radius 2 is 1.86 bits per heavy atom. The molecule has 1 aromatic carbocycles. The lowest BCUT2D eigenvalue weighted by Gasteiger charge is -2.24. The molecule has 0 aliphatic carbocycles. The van der Waals surface area contributed by atoms with Crippen molar-refractivity contribution in [3.63, 3.8) is 0 Å². The van der Waals surface area contributed by atoms with Crippen molar-refractivity contribution in [3.8, 4) is 5.75 Å². The van der Waals surface area contributed by atoms with E-state index in [9.17, 15) is 13.2 Å². The number of hydrogen-bond acceptors (Lipinski definition) is 7. The fourth-order valence-corrected chi connectivity index (χ4v) is 5.27. The van der Waals surface area contributed by atoms with Gasteiger partial charge in [-0.15, -0.1) is 10.2 Å². The van der Waals surface area contributed by atoms with Crippen molar-refractivity contribution in [2.75, 3.05) is 25.0 Å². The van der Waals surface area contributed by atoms with Gasteiger partial charge in [-0.1, -0.05) is 31.6 Å². The van der Waals surface area contributed by atoms with Crippen LogP contribution in [0.3, 0.4) is 0 Å². The van der Waals surface area contributed by atoms with Crippen molar-refractivity contribution < 1.29 is 17.9 Å². The number of amides is 1. The van der Waals surface area contributed by atoms with Crippen LogP contribution in [0.2, 0.25) is 0 Å². The summed E-state index contributed by atoms with van der Waals surface area (Å²) in [6.07, 6.45) is 2.72. The van der Waals surface area contributed by atoms with Gasteiger partial charge in [-0.25, -0.2) is 8.42 Å². The number of piperidine rings is 1. The van der Waals surface area contributed by atoms with Crippen LogP contribution in [0.5, 0.6) is 5.75 Å². The zero-order valence-corrected chi connectivity index (χ0v) is 17.6. The van der Waals surface area contributed by atoms with E-state index < -0.39 is 10.0 Å². The number of rotatable bonds is 7. The molecule has 1 saturated heterocycles. The number of nitrogens with zero attached hydrogens (tertiary/aromatic N) is 3. The van der Waals surface area contributed by atoms with Crippen molar-refractivity contribution in [2.45, 2.75) is 37.4 Å². The van der Waals surface area contributed by atoms with E-state index in [4.69, 9.17) is 4.74 Å². The molecule has 8 nitrogen and oxygen atoms in total. The zero-order chi connectivity index (χ0) is 20.1. The molecule has 10 heteroatoms. The Bertz CT molecular complexity index is 904. The monoisotopic (exact) mass is 424 g/mol. The first kappa shape index (κ1) is 20.7. The standard InChI is InChI=1S/C18H24N4O4S2/c1-13(2)12-26-15-8-6-14(7-9-15)16(23)19-17-20-21-18(27-17)28(24,25)22-10-4-3-5-11-22/h6-9,13H,3-5,10-12H2,1-2H3,(H,19,20,23). The Labute approximate surface area is 169 Å². The maximum atomic E-state index is 12.6. The molecule has 2 heterocycles. The average Bonchev–Trinajstić information content (AvgIpc) is 3.17. The Morgan fingerprint density at radius 1 is 1.18 bits per heavy atom. The summed E-state index contributed by atoms with van der Waals surface area (Å²) in [6.45, 7) is 5.71. The number of carbonyl (C=O) groups excluding carboxylic acids is 1. The number of anilines is 1. The Balaban J connectivity index is 1.63. The van der Waals surface area contributed by atoms with Crippen LogP contribution in [0.1, 0.15) is 43.5 Å². The van der Waals surface area contributed by atoms with Crippen LogP contribution in [0, 0.1) is 5.92 Å². The van der Waals surface area contributed by atoms with Crippen molar-refractivity contribution in [2.24, 2.45) is 5.92 Å². The third-order valence-corrected chi connectivity index (χ3v) is 7.29. The molecular weight excluding hydrogens is 400 g/mol. The predicted molar refractivity (Wildman–Crippen MR) is 107 cm³/mol. The van der Waals surface area contributed by atoms with Gasteiger partial charge in [0.2, 0.25) is 9.47 Å². The molecule has 1 amide bonds. The van der Waals surface area contributed by atoms with Gasteiger partial charge in [-0.05, 0) is 43.0 Å². The van der Waals surface area contributed by atoms with Crippen molar-refractivity contribution in [1.29, 1.82) is 0 Å². The summed E-state index contributed by atoms with van der Waals surface area (Å²) in [6, 6.07) is 6.75. The van der Waals surface area contributed by atoms with Crippen LogP contribution in [0.4, 0.5) is 5.13 Å². The zero-order valence-electron chi connectivity index (χ0n) is 15.9. The summed E-state index contributed by atoms with van der Waals surface area (Å²) in [4.78, 5) is 12.4. The highest BCUT2D eigenvalue weighted by molar-refractivity contribution is 7.91. The molecule has 1 aromatic heterocycles. The molecule has 0 saturated carbocycles. The second-order valence-corrected chi connectivity index (χ2v) is 10.1. The van der Waals surface area contributed by atoms with E-state index >= 15 is 0 Å². The first-order valence-corrected chi connectivity index (χ1v) is 11.5. The number of benzene rings is 1. The van der Waals surface area contributed by atoms with Gasteiger partial charge < -0.3 is 4.74 Å². The van der Waals surface area contributed by atoms with Gasteiger partial charge in [-0.2, -0.15) is 4.31 Å². The van der Waals surface area contributed by atoms with Gasteiger partial charge in [0, 0.05) is 18.7 Å². The Hall–Kier alpha value is -2.04. The smallest absolute Gasteiger partial charge is 0.272 e. The van der Waals surface area contributed by atoms with E-state index in [1.54, 1.807) is 24.3 Å². The van der Waals surface area contributed by atoms with E-state index in [1.807, 2.05) is 0 Å². The Kier molecular flexibility index (Phi) is 6.63. The average molecular weight is 425 g/mol. The first-order chi connectivity index (χ1) is 13.4. The summed E-state index contributed by atoms with van der Waals surface area (Å²) in [5.41, 5.74) is 0.424. The minimum atomic E-state index is -3.65. The molecule has 1 fully saturated rings. The Morgan fingerprint density at radius 3 is 2.50 bits per heavy atom. The van der Waals surface area contributed by atoms with Gasteiger partial charge >= 0.3 is 0 Å². The molecule has 0 spiro atoms. The first-order valence-electron chi connectivity index (χ1n) is 9.24. The van der Waals surface area contributed by atoms with Gasteiger partial charge in [0.1, 0.15) is 5.75 Å². The fraction of sp³-hybridized carbons (Fsp3) is 0.500. The number of sulfonamides is 1. The van der Waals surface area contributed by atoms with Crippen LogP contribution in [0.15, 0.2) is 28.6 Å². The SMILES string of the molecule is CC(C)COc1ccc(C(=O)Nc2nnc(S(=O)(=O)N3CCCCC3)s2)cc1. The maximum Gasteiger partial charge on any atom is 0.272 e. The van der Waals surface area contributed by atoms with E-state index in [0.717, 1.165) is 30.6 Å². The van der Waals surface area contributed by atoms with E-state index in [2.05, 4.69) is 29.4 Å². The molecule has 1 aliphatic heterocycles. The normalized spacial score (nSPS) is 15.5. The maximum absolute atomic E-state index is 12.6. The van der Waals surface area contributed by atoms with Gasteiger partial charge in [0.05, 0.1) is 6.61 Å². The van der Waals surface area contributed by atoms with Crippen molar-refractivity contribution in [1.82, 2.24) is 14.5 Å². The highest BCUT2D eigenvalue weighted by Gasteiger charge is 2.29. The summed E-state index contributed by atoms with van der Waals surface area (Å²) in [5.74, 6) is 0.723. The quantitative estimate of drug-likeness (QED) is 0.686. The summed E-state index contributed by atoms with van der Waals surface area (Å²) in [7, 11) is -3.65. The lowest BCUT2D eigenvalue weighted by atomic mass is 10.2. The molecule has 0 bridgehead atoms. The van der Waals surface area contributed by atoms with Crippen molar-refractivity contribution >= 4 is 32.4 Å². The number of carbonyl (C=O) groups is 1. The number of ether oxygens (including phenoxy) is 1. The third kappa shape index (κ3) is 5.06. The van der Waals surface area contributed by atoms with Crippen LogP contribution in [-0.4, -0.2) is 48.5 Å². The van der Waals surface area contributed by atoms with E-state index in [-0.39, 0.29) is 15.4 Å². The van der Waals surface area contributed by atoms with Crippen LogP contribution in [-0.2, 0) is 10.0 Å². The highest BCUT2D eigenvalue weighted by atomic mass is 32.2. The van der Waals surface area contributed by atoms with E-state index in [0.29, 0.717) is 36.9 Å². The molecule has 1 aliphatic rings. The largest absolute Gasteiger partial charge is 0.493 e. The van der Waals surface area contributed by atoms with Crippen LogP contribution >= 0.6 is 11.3 Å². The fourth-order valence-electron chi connectivity index (χ4n) is 2.71. The minimum absolute atomic E-state index is 0.0952. The predicted octanol–water partition coefficient (Wildman–Crippen LogP) is 3.00.